The van der Waals surface area contributed by atoms with Crippen molar-refractivity contribution < 1.29 is 9.47 Å². The van der Waals surface area contributed by atoms with E-state index < -0.39 is 0 Å². The van der Waals surface area contributed by atoms with Crippen LogP contribution in [0.3, 0.4) is 0 Å². The maximum absolute atomic E-state index is 6.32. The lowest BCUT2D eigenvalue weighted by Gasteiger charge is -2.12. The van der Waals surface area contributed by atoms with Gasteiger partial charge < -0.3 is 9.47 Å². The predicted octanol–water partition coefficient (Wildman–Crippen LogP) is 5.50. The molecule has 0 unspecified atom stereocenters. The molecule has 2 aromatic rings. The summed E-state index contributed by atoms with van der Waals surface area (Å²) >= 11 is 6.32. The molecule has 0 bridgehead atoms. The number of aliphatic imine (C=N–C) groups is 1. The van der Waals surface area contributed by atoms with Crippen LogP contribution in [-0.4, -0.2) is 19.9 Å². The van der Waals surface area contributed by atoms with Crippen molar-refractivity contribution in [2.45, 2.75) is 27.2 Å². The van der Waals surface area contributed by atoms with E-state index in [1.165, 1.54) is 11.1 Å². The van der Waals surface area contributed by atoms with Crippen LogP contribution in [0.4, 0.5) is 5.69 Å². The fourth-order valence-corrected chi connectivity index (χ4v) is 2.45. The second-order valence-corrected chi connectivity index (χ2v) is 5.77. The summed E-state index contributed by atoms with van der Waals surface area (Å²) < 4.78 is 11.0. The zero-order valence-corrected chi connectivity index (χ0v) is 14.8. The standard InChI is InChI=1S/C19H22ClNO2/c1-5-9-23-19-16(20)10-15(11-18(19)22-4)12-21-17-8-6-7-13(2)14(17)3/h6-8,10-12H,5,9H2,1-4H3. The molecular formula is C19H22ClNO2. The third-order valence-corrected chi connectivity index (χ3v) is 3.91. The van der Waals surface area contributed by atoms with Gasteiger partial charge >= 0.3 is 0 Å². The van der Waals surface area contributed by atoms with E-state index in [-0.39, 0.29) is 0 Å². The average Bonchev–Trinajstić information content (AvgIpc) is 2.54. The number of halogens is 1. The van der Waals surface area contributed by atoms with Crippen molar-refractivity contribution in [3.05, 3.63) is 52.0 Å². The molecular weight excluding hydrogens is 310 g/mol. The van der Waals surface area contributed by atoms with Gasteiger partial charge in [0.05, 0.1) is 24.4 Å². The summed E-state index contributed by atoms with van der Waals surface area (Å²) in [6.45, 7) is 6.79. The number of hydrogen-bond acceptors (Lipinski definition) is 3. The van der Waals surface area contributed by atoms with Crippen LogP contribution >= 0.6 is 11.6 Å². The monoisotopic (exact) mass is 331 g/mol. The highest BCUT2D eigenvalue weighted by Gasteiger charge is 2.11. The second kappa shape index (κ2) is 8.02. The topological polar surface area (TPSA) is 30.8 Å². The van der Waals surface area contributed by atoms with Crippen LogP contribution in [0.5, 0.6) is 11.5 Å². The Labute approximate surface area is 142 Å². The van der Waals surface area contributed by atoms with Crippen molar-refractivity contribution >= 4 is 23.5 Å². The van der Waals surface area contributed by atoms with Crippen LogP contribution < -0.4 is 9.47 Å². The zero-order valence-electron chi connectivity index (χ0n) is 14.0. The highest BCUT2D eigenvalue weighted by molar-refractivity contribution is 6.32. The summed E-state index contributed by atoms with van der Waals surface area (Å²) in [6.07, 6.45) is 2.70. The third-order valence-electron chi connectivity index (χ3n) is 3.63. The third kappa shape index (κ3) is 4.26. The molecule has 2 rings (SSSR count). The first-order chi connectivity index (χ1) is 11.1. The maximum atomic E-state index is 6.32. The number of benzene rings is 2. The smallest absolute Gasteiger partial charge is 0.179 e. The highest BCUT2D eigenvalue weighted by atomic mass is 35.5. The van der Waals surface area contributed by atoms with Gasteiger partial charge in [-0.15, -0.1) is 0 Å². The Morgan fingerprint density at radius 2 is 2.00 bits per heavy atom. The maximum Gasteiger partial charge on any atom is 0.179 e. The lowest BCUT2D eigenvalue weighted by molar-refractivity contribution is 0.294. The molecule has 4 heteroatoms. The Hall–Kier alpha value is -2.00. The molecule has 0 amide bonds. The minimum atomic E-state index is 0.528. The molecule has 0 atom stereocenters. The molecule has 0 N–H and O–H groups in total. The summed E-state index contributed by atoms with van der Waals surface area (Å²) in [5.41, 5.74) is 4.21. The van der Waals surface area contributed by atoms with Gasteiger partial charge in [-0.05, 0) is 55.2 Å². The van der Waals surface area contributed by atoms with Crippen LogP contribution in [0.25, 0.3) is 0 Å². The first-order valence-corrected chi connectivity index (χ1v) is 8.05. The summed E-state index contributed by atoms with van der Waals surface area (Å²) in [5, 5.41) is 0.528. The fraction of sp³-hybridized carbons (Fsp3) is 0.316. The minimum absolute atomic E-state index is 0.528. The van der Waals surface area contributed by atoms with Crippen LogP contribution in [0.2, 0.25) is 5.02 Å². The molecule has 0 spiro atoms. The van der Waals surface area contributed by atoms with E-state index >= 15 is 0 Å². The minimum Gasteiger partial charge on any atom is -0.493 e. The average molecular weight is 332 g/mol. The lowest BCUT2D eigenvalue weighted by atomic mass is 10.1. The van der Waals surface area contributed by atoms with Crippen molar-refractivity contribution in [2.75, 3.05) is 13.7 Å². The first kappa shape index (κ1) is 17.4. The van der Waals surface area contributed by atoms with Crippen molar-refractivity contribution in [3.63, 3.8) is 0 Å². The lowest BCUT2D eigenvalue weighted by Crippen LogP contribution is -1.99. The van der Waals surface area contributed by atoms with Gasteiger partial charge in [0.2, 0.25) is 0 Å². The first-order valence-electron chi connectivity index (χ1n) is 7.67. The molecule has 0 aliphatic rings. The van der Waals surface area contributed by atoms with Crippen LogP contribution in [0, 0.1) is 13.8 Å². The van der Waals surface area contributed by atoms with Crippen LogP contribution in [0.15, 0.2) is 35.3 Å². The SMILES string of the molecule is CCCOc1c(Cl)cc(C=Nc2cccc(C)c2C)cc1OC. The molecule has 0 aliphatic carbocycles. The number of methoxy groups -OCH3 is 1. The van der Waals surface area contributed by atoms with Crippen molar-refractivity contribution in [3.8, 4) is 11.5 Å². The number of ether oxygens (including phenoxy) is 2. The Kier molecular flexibility index (Phi) is 6.05. The van der Waals surface area contributed by atoms with Gasteiger partial charge in [-0.1, -0.05) is 30.7 Å². The normalized spacial score (nSPS) is 11.0. The molecule has 122 valence electrons. The zero-order chi connectivity index (χ0) is 16.8. The van der Waals surface area contributed by atoms with Gasteiger partial charge in [-0.2, -0.15) is 0 Å². The Morgan fingerprint density at radius 3 is 2.70 bits per heavy atom. The number of hydrogen-bond donors (Lipinski definition) is 0. The summed E-state index contributed by atoms with van der Waals surface area (Å²) in [4.78, 5) is 4.57. The summed E-state index contributed by atoms with van der Waals surface area (Å²) in [6, 6.07) is 9.80. The molecule has 0 fully saturated rings. The molecule has 0 radical (unpaired) electrons. The molecule has 23 heavy (non-hydrogen) atoms. The van der Waals surface area contributed by atoms with Crippen LogP contribution in [-0.2, 0) is 0 Å². The van der Waals surface area contributed by atoms with Gasteiger partial charge in [-0.3, -0.25) is 4.99 Å². The van der Waals surface area contributed by atoms with Crippen molar-refractivity contribution in [1.29, 1.82) is 0 Å². The van der Waals surface area contributed by atoms with Gasteiger partial charge in [0.25, 0.3) is 0 Å². The van der Waals surface area contributed by atoms with Gasteiger partial charge in [0, 0.05) is 6.21 Å². The number of nitrogens with zero attached hydrogens (tertiary/aromatic N) is 1. The van der Waals surface area contributed by atoms with Gasteiger partial charge in [-0.25, -0.2) is 0 Å². The van der Waals surface area contributed by atoms with Gasteiger partial charge in [0.1, 0.15) is 0 Å². The van der Waals surface area contributed by atoms with Crippen LogP contribution in [0.1, 0.15) is 30.0 Å². The fourth-order valence-electron chi connectivity index (χ4n) is 2.18. The van der Waals surface area contributed by atoms with E-state index in [9.17, 15) is 0 Å². The summed E-state index contributed by atoms with van der Waals surface area (Å²) in [7, 11) is 1.61. The quantitative estimate of drug-likeness (QED) is 0.654. The highest BCUT2D eigenvalue weighted by Crippen LogP contribution is 2.36. The van der Waals surface area contributed by atoms with E-state index in [0.717, 1.165) is 17.7 Å². The van der Waals surface area contributed by atoms with Gasteiger partial charge in [0.15, 0.2) is 11.5 Å². The van der Waals surface area contributed by atoms with E-state index in [1.54, 1.807) is 13.3 Å². The molecule has 0 saturated carbocycles. The Bertz CT molecular complexity index is 711. The van der Waals surface area contributed by atoms with E-state index in [1.807, 2.05) is 31.2 Å². The molecule has 0 heterocycles. The van der Waals surface area contributed by atoms with E-state index in [4.69, 9.17) is 21.1 Å². The summed E-state index contributed by atoms with van der Waals surface area (Å²) in [5.74, 6) is 1.20. The molecule has 0 aromatic heterocycles. The predicted molar refractivity (Wildman–Crippen MR) is 97.0 cm³/mol. The van der Waals surface area contributed by atoms with E-state index in [2.05, 4.69) is 24.9 Å². The number of rotatable bonds is 6. The molecule has 2 aromatic carbocycles. The Balaban J connectivity index is 2.31. The molecule has 0 saturated heterocycles. The van der Waals surface area contributed by atoms with Crippen molar-refractivity contribution in [2.24, 2.45) is 4.99 Å². The Morgan fingerprint density at radius 1 is 1.22 bits per heavy atom. The largest absolute Gasteiger partial charge is 0.493 e. The van der Waals surface area contributed by atoms with Crippen molar-refractivity contribution in [1.82, 2.24) is 0 Å². The molecule has 3 nitrogen and oxygen atoms in total. The second-order valence-electron chi connectivity index (χ2n) is 5.36. The molecule has 0 aliphatic heterocycles. The van der Waals surface area contributed by atoms with E-state index in [0.29, 0.717) is 23.1 Å². The number of aryl methyl sites for hydroxylation is 1.